The van der Waals surface area contributed by atoms with Crippen LogP contribution in [-0.2, 0) is 22.4 Å². The van der Waals surface area contributed by atoms with Gasteiger partial charge in [-0.2, -0.15) is 4.37 Å². The third-order valence-corrected chi connectivity index (χ3v) is 10.3. The fraction of sp³-hybridized carbons (Fsp3) is 0.545. The predicted octanol–water partition coefficient (Wildman–Crippen LogP) is 6.69. The highest BCUT2D eigenvalue weighted by molar-refractivity contribution is 7.13. The third-order valence-electron chi connectivity index (χ3n) is 9.10. The van der Waals surface area contributed by atoms with Gasteiger partial charge in [0, 0.05) is 55.2 Å². The molecule has 0 aliphatic carbocycles. The van der Waals surface area contributed by atoms with Gasteiger partial charge in [-0.25, -0.2) is 4.79 Å². The number of ether oxygens (including phenoxy) is 1. The van der Waals surface area contributed by atoms with Crippen molar-refractivity contribution >= 4 is 56.7 Å². The fourth-order valence-electron chi connectivity index (χ4n) is 5.76. The van der Waals surface area contributed by atoms with E-state index in [0.717, 1.165) is 61.8 Å². The lowest BCUT2D eigenvalue weighted by molar-refractivity contribution is -0.118. The Balaban J connectivity index is 1.18. The monoisotopic (exact) mass is 625 g/mol. The van der Waals surface area contributed by atoms with Crippen LogP contribution in [0.5, 0.6) is 0 Å². The molecule has 0 spiro atoms. The van der Waals surface area contributed by atoms with Crippen LogP contribution in [0.25, 0.3) is 10.1 Å². The third kappa shape index (κ3) is 6.79. The molecule has 10 heteroatoms. The molecule has 43 heavy (non-hydrogen) atoms. The van der Waals surface area contributed by atoms with Crippen molar-refractivity contribution in [2.24, 2.45) is 11.8 Å². The lowest BCUT2D eigenvalue weighted by Gasteiger charge is -2.42. The first-order valence-electron chi connectivity index (χ1n) is 15.3. The van der Waals surface area contributed by atoms with E-state index >= 15 is 0 Å². The zero-order valence-electron chi connectivity index (χ0n) is 26.2. The summed E-state index contributed by atoms with van der Waals surface area (Å²) < 4.78 is 11.7. The van der Waals surface area contributed by atoms with Crippen LogP contribution >= 0.6 is 23.1 Å². The van der Waals surface area contributed by atoms with Gasteiger partial charge in [0.05, 0.1) is 16.8 Å². The number of amides is 2. The number of aromatic nitrogens is 1. The number of rotatable bonds is 10. The molecule has 2 aliphatic rings. The molecule has 1 fully saturated rings. The number of piperazine rings is 1. The Morgan fingerprint density at radius 1 is 1.12 bits per heavy atom. The average molecular weight is 626 g/mol. The Kier molecular flexibility index (Phi) is 9.54. The Hall–Kier alpha value is -2.88. The predicted molar refractivity (Wildman–Crippen MR) is 176 cm³/mol. The lowest BCUT2D eigenvalue weighted by atomic mass is 9.88. The summed E-state index contributed by atoms with van der Waals surface area (Å²) in [4.78, 5) is 34.4. The molecule has 0 bridgehead atoms. The number of fused-ring (bicyclic) bond motifs is 2. The molecule has 1 aromatic heterocycles. The van der Waals surface area contributed by atoms with E-state index in [2.05, 4.69) is 81.7 Å². The van der Waals surface area contributed by atoms with Crippen LogP contribution in [0, 0.1) is 11.8 Å². The van der Waals surface area contributed by atoms with Gasteiger partial charge in [-0.1, -0.05) is 57.5 Å². The number of halogens is 1. The topological polar surface area (TPSA) is 69.2 Å². The molecule has 3 aromatic rings. The van der Waals surface area contributed by atoms with Crippen molar-refractivity contribution in [1.82, 2.24) is 14.2 Å². The molecule has 8 nitrogen and oxygen atoms in total. The van der Waals surface area contributed by atoms with E-state index in [1.54, 1.807) is 21.3 Å². The van der Waals surface area contributed by atoms with Crippen LogP contribution in [0.1, 0.15) is 52.7 Å². The zero-order valence-corrected chi connectivity index (χ0v) is 27.8. The van der Waals surface area contributed by atoms with Crippen molar-refractivity contribution in [2.75, 3.05) is 55.8 Å². The van der Waals surface area contributed by atoms with Crippen LogP contribution in [0.3, 0.4) is 0 Å². The van der Waals surface area contributed by atoms with Gasteiger partial charge in [-0.05, 0) is 73.0 Å². The maximum absolute atomic E-state index is 13.2. The number of carbonyl (C=O) groups is 2. The van der Waals surface area contributed by atoms with Gasteiger partial charge in [-0.3, -0.25) is 14.6 Å². The largest absolute Gasteiger partial charge is 0.427 e. The first-order chi connectivity index (χ1) is 20.5. The second-order valence-electron chi connectivity index (χ2n) is 13.0. The fourth-order valence-corrected chi connectivity index (χ4v) is 6.81. The Labute approximate surface area is 264 Å². The standard InChI is InChI=1S/C33H44ClN5O3S/c1-22(2)20-39(33(5,6)23(3)4)32(41)42-21-38-28-19-27(34)24(17-25(28)18-30(38)40)11-12-36-13-15-37(16-14-36)31-26-9-7-8-10-29(26)43-35-31/h7-10,17,19,22-23H,11-16,18,20-21H2,1-6H3. The van der Waals surface area contributed by atoms with Gasteiger partial charge in [0.1, 0.15) is 5.82 Å². The molecule has 1 saturated heterocycles. The quantitative estimate of drug-likeness (QED) is 0.250. The lowest BCUT2D eigenvalue weighted by Crippen LogP contribution is -2.53. The molecule has 2 aromatic carbocycles. The molecule has 2 amide bonds. The van der Waals surface area contributed by atoms with Crippen molar-refractivity contribution in [2.45, 2.75) is 59.9 Å². The number of carbonyl (C=O) groups excluding carboxylic acids is 2. The average Bonchev–Trinajstić information content (AvgIpc) is 3.53. The van der Waals surface area contributed by atoms with E-state index in [-0.39, 0.29) is 30.5 Å². The van der Waals surface area contributed by atoms with Crippen LogP contribution < -0.4 is 9.80 Å². The second kappa shape index (κ2) is 13.0. The molecule has 3 heterocycles. The Morgan fingerprint density at radius 2 is 1.84 bits per heavy atom. The summed E-state index contributed by atoms with van der Waals surface area (Å²) in [6.07, 6.45) is 0.688. The highest BCUT2D eigenvalue weighted by Gasteiger charge is 2.36. The molecule has 2 aliphatic heterocycles. The molecule has 5 rings (SSSR count). The molecule has 232 valence electrons. The zero-order chi connectivity index (χ0) is 30.9. The van der Waals surface area contributed by atoms with E-state index < -0.39 is 6.09 Å². The van der Waals surface area contributed by atoms with Gasteiger partial charge >= 0.3 is 6.09 Å². The Bertz CT molecular complexity index is 1460. The summed E-state index contributed by atoms with van der Waals surface area (Å²) in [7, 11) is 0. The van der Waals surface area contributed by atoms with Crippen molar-refractivity contribution in [1.29, 1.82) is 0 Å². The maximum Gasteiger partial charge on any atom is 0.411 e. The van der Waals surface area contributed by atoms with Gasteiger partial charge in [-0.15, -0.1) is 0 Å². The molecular weight excluding hydrogens is 582 g/mol. The minimum atomic E-state index is -0.403. The van der Waals surface area contributed by atoms with Crippen molar-refractivity contribution < 1.29 is 14.3 Å². The first kappa shape index (κ1) is 31.5. The van der Waals surface area contributed by atoms with E-state index in [9.17, 15) is 9.59 Å². The summed E-state index contributed by atoms with van der Waals surface area (Å²) in [6, 6.07) is 12.3. The van der Waals surface area contributed by atoms with Crippen molar-refractivity contribution in [3.63, 3.8) is 0 Å². The summed E-state index contributed by atoms with van der Waals surface area (Å²) in [5.74, 6) is 1.55. The van der Waals surface area contributed by atoms with Gasteiger partial charge in [0.15, 0.2) is 6.73 Å². The smallest absolute Gasteiger partial charge is 0.411 e. The first-order valence-corrected chi connectivity index (χ1v) is 16.5. The summed E-state index contributed by atoms with van der Waals surface area (Å²) >= 11 is 8.32. The number of benzene rings is 2. The van der Waals surface area contributed by atoms with E-state index in [1.165, 1.54) is 10.1 Å². The number of anilines is 2. The van der Waals surface area contributed by atoms with Crippen molar-refractivity contribution in [3.8, 4) is 0 Å². The van der Waals surface area contributed by atoms with E-state index in [1.807, 2.05) is 6.07 Å². The summed E-state index contributed by atoms with van der Waals surface area (Å²) in [6.45, 7) is 17.7. The van der Waals surface area contributed by atoms with E-state index in [4.69, 9.17) is 20.7 Å². The highest BCUT2D eigenvalue weighted by Crippen LogP contribution is 2.35. The highest BCUT2D eigenvalue weighted by atomic mass is 35.5. The summed E-state index contributed by atoms with van der Waals surface area (Å²) in [5, 5.41) is 1.87. The van der Waals surface area contributed by atoms with Crippen LogP contribution in [0.15, 0.2) is 36.4 Å². The van der Waals surface area contributed by atoms with Crippen molar-refractivity contribution in [3.05, 3.63) is 52.5 Å². The van der Waals surface area contributed by atoms with Gasteiger partial charge < -0.3 is 14.5 Å². The van der Waals surface area contributed by atoms with E-state index in [0.29, 0.717) is 17.5 Å². The number of nitrogens with zero attached hydrogens (tertiary/aromatic N) is 5. The normalized spacial score (nSPS) is 16.1. The Morgan fingerprint density at radius 3 is 2.53 bits per heavy atom. The molecule has 0 unspecified atom stereocenters. The molecule has 0 N–H and O–H groups in total. The molecule has 0 saturated carbocycles. The second-order valence-corrected chi connectivity index (χ2v) is 14.2. The number of hydrogen-bond donors (Lipinski definition) is 0. The van der Waals surface area contributed by atoms with Gasteiger partial charge in [0.2, 0.25) is 5.91 Å². The van der Waals surface area contributed by atoms with Crippen LogP contribution in [-0.4, -0.2) is 77.7 Å². The minimum Gasteiger partial charge on any atom is -0.427 e. The molecule has 0 radical (unpaired) electrons. The molecule has 0 atom stereocenters. The van der Waals surface area contributed by atoms with Gasteiger partial charge in [0.25, 0.3) is 0 Å². The maximum atomic E-state index is 13.2. The number of hydrogen-bond acceptors (Lipinski definition) is 7. The van der Waals surface area contributed by atoms with Crippen LogP contribution in [0.4, 0.5) is 16.3 Å². The summed E-state index contributed by atoms with van der Waals surface area (Å²) in [5.41, 5.74) is 2.33. The minimum absolute atomic E-state index is 0.0831. The SMILES string of the molecule is CC(C)CN(C(=O)OCN1C(=O)Cc2cc(CCN3CCN(c4nsc5ccccc45)CC3)c(Cl)cc21)C(C)(C)C(C)C. The van der Waals surface area contributed by atoms with Crippen LogP contribution in [0.2, 0.25) is 5.02 Å². The molecular formula is C33H44ClN5O3S.